The predicted octanol–water partition coefficient (Wildman–Crippen LogP) is 6.63. The zero-order chi connectivity index (χ0) is 17.3. The molecule has 1 aromatic carbocycles. The van der Waals surface area contributed by atoms with Gasteiger partial charge < -0.3 is 0 Å². The summed E-state index contributed by atoms with van der Waals surface area (Å²) >= 11 is 0. The number of hydrogen-bond donors (Lipinski definition) is 0. The molecule has 1 aliphatic carbocycles. The summed E-state index contributed by atoms with van der Waals surface area (Å²) in [5.41, 5.74) is 1.79. The maximum Gasteiger partial charge on any atom is -0.0165 e. The highest BCUT2D eigenvalue weighted by molar-refractivity contribution is 7.61. The summed E-state index contributed by atoms with van der Waals surface area (Å²) in [6, 6.07) is 11.1. The van der Waals surface area contributed by atoms with Crippen molar-refractivity contribution >= 4 is 21.8 Å². The monoisotopic (exact) mass is 350 g/mol. The van der Waals surface area contributed by atoms with Crippen LogP contribution in [0.5, 0.6) is 0 Å². The molecule has 4 atom stereocenters. The Hall–Kier alpha value is 0.0800. The molecule has 0 nitrogen and oxygen atoms in total. The van der Waals surface area contributed by atoms with Crippen molar-refractivity contribution < 1.29 is 0 Å². The first-order valence-corrected chi connectivity index (χ1v) is 11.7. The van der Waals surface area contributed by atoms with E-state index in [2.05, 4.69) is 78.8 Å². The summed E-state index contributed by atoms with van der Waals surface area (Å²) in [5, 5.41) is 2.45. The lowest BCUT2D eigenvalue weighted by Crippen LogP contribution is -2.35. The average Bonchev–Trinajstić information content (AvgIpc) is 2.85. The predicted molar refractivity (Wildman–Crippen MR) is 111 cm³/mol. The quantitative estimate of drug-likeness (QED) is 0.535. The Balaban J connectivity index is 2.18. The van der Waals surface area contributed by atoms with Crippen molar-refractivity contribution in [2.75, 3.05) is 0 Å². The Kier molecular flexibility index (Phi) is 6.36. The van der Waals surface area contributed by atoms with Gasteiger partial charge >= 0.3 is 0 Å². The lowest BCUT2D eigenvalue weighted by molar-refractivity contribution is 0.532. The fourth-order valence-corrected chi connectivity index (χ4v) is 11.7. The summed E-state index contributed by atoms with van der Waals surface area (Å²) in [5.74, 6) is 0.929. The number of benzene rings is 1. The zero-order valence-electron chi connectivity index (χ0n) is 16.2. The van der Waals surface area contributed by atoms with E-state index in [0.29, 0.717) is 10.3 Å². The average molecular weight is 350 g/mol. The third-order valence-electron chi connectivity index (χ3n) is 5.12. The Bertz CT molecular complexity index is 467. The van der Waals surface area contributed by atoms with Crippen LogP contribution in [0.3, 0.4) is 0 Å². The third kappa shape index (κ3) is 5.03. The van der Waals surface area contributed by atoms with Gasteiger partial charge in [0.15, 0.2) is 0 Å². The van der Waals surface area contributed by atoms with Crippen LogP contribution < -0.4 is 5.30 Å². The topological polar surface area (TPSA) is 0 Å². The molecule has 0 amide bonds. The molecule has 0 saturated heterocycles. The summed E-state index contributed by atoms with van der Waals surface area (Å²) in [4.78, 5) is 0. The van der Waals surface area contributed by atoms with E-state index in [-0.39, 0.29) is 7.92 Å². The van der Waals surface area contributed by atoms with Crippen molar-refractivity contribution in [3.8, 4) is 0 Å². The second-order valence-corrected chi connectivity index (χ2v) is 15.0. The standard InChI is InChI=1S/C21H36P2/c1-16(22-17-12-9-8-10-13-17)18-14-11-15-19(18)23(20(2,3)4)21(5,6)7/h8-10,12-13,16,18-19,22H,11,14-15H2,1-7H3/t16-,18?,19?/m0/s1. The minimum atomic E-state index is 0.0142. The van der Waals surface area contributed by atoms with Gasteiger partial charge in [-0.1, -0.05) is 102 Å². The van der Waals surface area contributed by atoms with Crippen LogP contribution in [0, 0.1) is 5.92 Å². The van der Waals surface area contributed by atoms with E-state index < -0.39 is 0 Å². The zero-order valence-corrected chi connectivity index (χ0v) is 18.1. The van der Waals surface area contributed by atoms with Gasteiger partial charge in [0, 0.05) is 0 Å². The van der Waals surface area contributed by atoms with Crippen LogP contribution >= 0.6 is 16.5 Å². The molecule has 0 spiro atoms. The molecule has 0 heterocycles. The SMILES string of the molecule is C[C@H](Pc1ccccc1)C1CCCC1P(C(C)(C)C)C(C)(C)C. The van der Waals surface area contributed by atoms with Crippen LogP contribution in [-0.2, 0) is 0 Å². The van der Waals surface area contributed by atoms with Gasteiger partial charge in [-0.25, -0.2) is 0 Å². The first kappa shape index (κ1) is 19.4. The van der Waals surface area contributed by atoms with Crippen LogP contribution in [0.1, 0.15) is 67.7 Å². The molecule has 0 aliphatic heterocycles. The van der Waals surface area contributed by atoms with E-state index in [1.807, 2.05) is 0 Å². The fraction of sp³-hybridized carbons (Fsp3) is 0.714. The van der Waals surface area contributed by atoms with Crippen molar-refractivity contribution in [1.29, 1.82) is 0 Å². The molecule has 130 valence electrons. The third-order valence-corrected chi connectivity index (χ3v) is 10.9. The van der Waals surface area contributed by atoms with Gasteiger partial charge in [0.2, 0.25) is 0 Å². The van der Waals surface area contributed by atoms with Crippen LogP contribution in [0.2, 0.25) is 0 Å². The molecule has 2 heteroatoms. The van der Waals surface area contributed by atoms with E-state index in [9.17, 15) is 0 Å². The Labute approximate surface area is 147 Å². The van der Waals surface area contributed by atoms with Crippen molar-refractivity contribution in [2.24, 2.45) is 5.92 Å². The first-order valence-electron chi connectivity index (χ1n) is 9.22. The van der Waals surface area contributed by atoms with Crippen LogP contribution in [0.15, 0.2) is 30.3 Å². The maximum atomic E-state index is 2.52. The van der Waals surface area contributed by atoms with Crippen molar-refractivity contribution in [1.82, 2.24) is 0 Å². The Morgan fingerprint density at radius 1 is 0.957 bits per heavy atom. The minimum absolute atomic E-state index is 0.0142. The van der Waals surface area contributed by atoms with E-state index in [4.69, 9.17) is 0 Å². The van der Waals surface area contributed by atoms with Gasteiger partial charge in [0.05, 0.1) is 0 Å². The highest BCUT2D eigenvalue weighted by atomic mass is 31.1. The fourth-order valence-electron chi connectivity index (χ4n) is 4.78. The molecule has 1 fully saturated rings. The molecule has 0 bridgehead atoms. The van der Waals surface area contributed by atoms with Gasteiger partial charge in [-0.2, -0.15) is 0 Å². The normalized spacial score (nSPS) is 24.7. The molecule has 3 unspecified atom stereocenters. The van der Waals surface area contributed by atoms with Crippen molar-refractivity contribution in [2.45, 2.75) is 89.4 Å². The Morgan fingerprint density at radius 3 is 2.04 bits per heavy atom. The molecular weight excluding hydrogens is 314 g/mol. The highest BCUT2D eigenvalue weighted by Gasteiger charge is 2.45. The van der Waals surface area contributed by atoms with Crippen LogP contribution in [-0.4, -0.2) is 21.6 Å². The van der Waals surface area contributed by atoms with Crippen LogP contribution in [0.4, 0.5) is 0 Å². The second kappa shape index (κ2) is 7.54. The molecule has 0 N–H and O–H groups in total. The second-order valence-electron chi connectivity index (χ2n) is 9.17. The highest BCUT2D eigenvalue weighted by Crippen LogP contribution is 2.67. The number of rotatable bonds is 4. The Morgan fingerprint density at radius 2 is 1.52 bits per heavy atom. The van der Waals surface area contributed by atoms with Crippen molar-refractivity contribution in [3.05, 3.63) is 30.3 Å². The van der Waals surface area contributed by atoms with Crippen LogP contribution in [0.25, 0.3) is 0 Å². The van der Waals surface area contributed by atoms with E-state index in [1.165, 1.54) is 19.3 Å². The molecule has 23 heavy (non-hydrogen) atoms. The smallest absolute Gasteiger partial charge is 0.0165 e. The van der Waals surface area contributed by atoms with Gasteiger partial charge in [0.1, 0.15) is 0 Å². The first-order chi connectivity index (χ1) is 10.6. The van der Waals surface area contributed by atoms with Gasteiger partial charge in [0.25, 0.3) is 0 Å². The lowest BCUT2D eigenvalue weighted by Gasteiger charge is -2.48. The van der Waals surface area contributed by atoms with Gasteiger partial charge in [-0.3, -0.25) is 0 Å². The minimum Gasteiger partial charge on any atom is -0.0921 e. The molecule has 2 rings (SSSR count). The number of hydrogen-bond acceptors (Lipinski definition) is 0. The summed E-state index contributed by atoms with van der Waals surface area (Å²) in [6.45, 7) is 17.5. The largest absolute Gasteiger partial charge is 0.0921 e. The van der Waals surface area contributed by atoms with E-state index in [1.54, 1.807) is 5.30 Å². The van der Waals surface area contributed by atoms with Crippen molar-refractivity contribution in [3.63, 3.8) is 0 Å². The maximum absolute atomic E-state index is 2.52. The molecule has 1 aliphatic rings. The summed E-state index contributed by atoms with van der Waals surface area (Å²) in [7, 11) is 0.982. The molecule has 0 radical (unpaired) electrons. The summed E-state index contributed by atoms with van der Waals surface area (Å²) in [6.07, 6.45) is 4.37. The molecular formula is C21H36P2. The van der Waals surface area contributed by atoms with Gasteiger partial charge in [-0.05, 0) is 45.7 Å². The summed E-state index contributed by atoms with van der Waals surface area (Å²) < 4.78 is 0. The van der Waals surface area contributed by atoms with E-state index >= 15 is 0 Å². The molecule has 0 aromatic heterocycles. The lowest BCUT2D eigenvalue weighted by atomic mass is 10.0. The molecule has 1 aromatic rings. The van der Waals surface area contributed by atoms with Gasteiger partial charge in [-0.15, -0.1) is 0 Å². The van der Waals surface area contributed by atoms with E-state index in [0.717, 1.165) is 25.8 Å². The molecule has 1 saturated carbocycles.